The minimum absolute atomic E-state index is 0.341. The highest BCUT2D eigenvalue weighted by molar-refractivity contribution is 9.10. The summed E-state index contributed by atoms with van der Waals surface area (Å²) in [5.74, 6) is 0.468. The summed E-state index contributed by atoms with van der Waals surface area (Å²) in [5, 5.41) is 13.4. The molecule has 1 fully saturated rings. The highest BCUT2D eigenvalue weighted by Crippen LogP contribution is 2.28. The second kappa shape index (κ2) is 6.59. The Labute approximate surface area is 130 Å². The van der Waals surface area contributed by atoms with Crippen LogP contribution in [0.15, 0.2) is 22.7 Å². The summed E-state index contributed by atoms with van der Waals surface area (Å²) in [7, 11) is 0. The fraction of sp³-hybridized carbons (Fsp3) is 0.647. The van der Waals surface area contributed by atoms with E-state index in [9.17, 15) is 5.11 Å². The number of aliphatic hydroxyl groups excluding tert-OH is 1. The van der Waals surface area contributed by atoms with Gasteiger partial charge in [-0.05, 0) is 61.3 Å². The van der Waals surface area contributed by atoms with Crippen molar-refractivity contribution in [1.29, 1.82) is 0 Å². The Bertz CT molecular complexity index is 462. The average Bonchev–Trinajstić information content (AvgIpc) is 2.48. The highest BCUT2D eigenvalue weighted by atomic mass is 79.9. The summed E-state index contributed by atoms with van der Waals surface area (Å²) in [4.78, 5) is 0. The van der Waals surface area contributed by atoms with Crippen LogP contribution in [0.25, 0.3) is 0 Å². The van der Waals surface area contributed by atoms with E-state index in [0.717, 1.165) is 6.42 Å². The van der Waals surface area contributed by atoms with Gasteiger partial charge in [-0.3, -0.25) is 0 Å². The number of fused-ring (bicyclic) bond motifs is 1. The molecule has 1 aromatic rings. The molecule has 2 aliphatic carbocycles. The Morgan fingerprint density at radius 2 is 2.00 bits per heavy atom. The maximum Gasteiger partial charge on any atom is 0.0474 e. The number of aryl methyl sites for hydroxylation is 1. The molecule has 1 aromatic carbocycles. The van der Waals surface area contributed by atoms with Crippen LogP contribution in [0.2, 0.25) is 0 Å². The van der Waals surface area contributed by atoms with Gasteiger partial charge in [0.1, 0.15) is 0 Å². The van der Waals surface area contributed by atoms with E-state index in [1.165, 1.54) is 54.1 Å². The van der Waals surface area contributed by atoms with Crippen molar-refractivity contribution in [2.24, 2.45) is 5.92 Å². The van der Waals surface area contributed by atoms with Crippen LogP contribution in [0.5, 0.6) is 0 Å². The summed E-state index contributed by atoms with van der Waals surface area (Å²) >= 11 is 3.56. The standard InChI is InChI=1S/C17H24BrNO/c18-15-7-5-13-10-16(8-6-12(13)9-15)19-17-4-2-1-3-14(17)11-20/h5,7,9,14,16-17,19-20H,1-4,6,8,10-11H2. The van der Waals surface area contributed by atoms with Crippen molar-refractivity contribution in [1.82, 2.24) is 5.32 Å². The first-order valence-electron chi connectivity index (χ1n) is 7.90. The van der Waals surface area contributed by atoms with Crippen molar-refractivity contribution < 1.29 is 5.11 Å². The minimum atomic E-state index is 0.341. The molecule has 2 aliphatic rings. The molecule has 3 rings (SSSR count). The minimum Gasteiger partial charge on any atom is -0.396 e. The first-order chi connectivity index (χ1) is 9.76. The number of hydrogen-bond donors (Lipinski definition) is 2. The third-order valence-electron chi connectivity index (χ3n) is 4.99. The summed E-state index contributed by atoms with van der Waals surface area (Å²) in [6.07, 6.45) is 8.53. The molecule has 1 saturated carbocycles. The monoisotopic (exact) mass is 337 g/mol. The zero-order valence-corrected chi connectivity index (χ0v) is 13.5. The van der Waals surface area contributed by atoms with E-state index in [0.29, 0.717) is 24.6 Å². The molecule has 0 radical (unpaired) electrons. The fourth-order valence-electron chi connectivity index (χ4n) is 3.81. The van der Waals surface area contributed by atoms with Gasteiger partial charge in [-0.2, -0.15) is 0 Å². The maximum atomic E-state index is 9.53. The van der Waals surface area contributed by atoms with Crippen LogP contribution < -0.4 is 5.32 Å². The Kier molecular flexibility index (Phi) is 4.79. The van der Waals surface area contributed by atoms with Gasteiger partial charge in [0, 0.05) is 23.2 Å². The maximum absolute atomic E-state index is 9.53. The van der Waals surface area contributed by atoms with Crippen LogP contribution in [0.3, 0.4) is 0 Å². The first-order valence-corrected chi connectivity index (χ1v) is 8.70. The summed E-state index contributed by atoms with van der Waals surface area (Å²) in [6.45, 7) is 0.341. The Hall–Kier alpha value is -0.380. The lowest BCUT2D eigenvalue weighted by Gasteiger charge is -2.36. The zero-order chi connectivity index (χ0) is 13.9. The van der Waals surface area contributed by atoms with Crippen molar-refractivity contribution >= 4 is 15.9 Å². The lowest BCUT2D eigenvalue weighted by atomic mass is 9.82. The van der Waals surface area contributed by atoms with Crippen LogP contribution in [0.4, 0.5) is 0 Å². The van der Waals surface area contributed by atoms with Gasteiger partial charge in [0.15, 0.2) is 0 Å². The van der Waals surface area contributed by atoms with Crippen molar-refractivity contribution in [3.05, 3.63) is 33.8 Å². The fourth-order valence-corrected chi connectivity index (χ4v) is 4.22. The van der Waals surface area contributed by atoms with Gasteiger partial charge < -0.3 is 10.4 Å². The highest BCUT2D eigenvalue weighted by Gasteiger charge is 2.28. The number of halogens is 1. The van der Waals surface area contributed by atoms with E-state index in [2.05, 4.69) is 39.4 Å². The molecule has 0 aliphatic heterocycles. The Morgan fingerprint density at radius 1 is 1.15 bits per heavy atom. The molecule has 0 bridgehead atoms. The second-order valence-corrected chi connectivity index (χ2v) is 7.27. The molecule has 0 heterocycles. The third kappa shape index (κ3) is 3.26. The first kappa shape index (κ1) is 14.6. The molecule has 0 aromatic heterocycles. The number of rotatable bonds is 3. The molecule has 0 spiro atoms. The van der Waals surface area contributed by atoms with Crippen LogP contribution in [0.1, 0.15) is 43.2 Å². The van der Waals surface area contributed by atoms with Gasteiger partial charge in [0.2, 0.25) is 0 Å². The van der Waals surface area contributed by atoms with Crippen molar-refractivity contribution in [3.63, 3.8) is 0 Å². The molecular weight excluding hydrogens is 314 g/mol. The number of benzene rings is 1. The van der Waals surface area contributed by atoms with E-state index < -0.39 is 0 Å². The van der Waals surface area contributed by atoms with E-state index in [1.807, 2.05) is 0 Å². The largest absolute Gasteiger partial charge is 0.396 e. The predicted octanol–water partition coefficient (Wildman–Crippen LogP) is 3.45. The topological polar surface area (TPSA) is 32.3 Å². The summed E-state index contributed by atoms with van der Waals surface area (Å²) < 4.78 is 1.19. The average molecular weight is 338 g/mol. The Morgan fingerprint density at radius 3 is 2.85 bits per heavy atom. The van der Waals surface area contributed by atoms with E-state index in [-0.39, 0.29) is 0 Å². The van der Waals surface area contributed by atoms with Gasteiger partial charge >= 0.3 is 0 Å². The second-order valence-electron chi connectivity index (χ2n) is 6.35. The van der Waals surface area contributed by atoms with Gasteiger partial charge in [0.05, 0.1) is 0 Å². The smallest absolute Gasteiger partial charge is 0.0474 e. The SMILES string of the molecule is OCC1CCCCC1NC1CCc2cc(Br)ccc2C1. The van der Waals surface area contributed by atoms with Gasteiger partial charge in [-0.25, -0.2) is 0 Å². The predicted molar refractivity (Wildman–Crippen MR) is 85.9 cm³/mol. The third-order valence-corrected chi connectivity index (χ3v) is 5.48. The summed E-state index contributed by atoms with van der Waals surface area (Å²) in [5.41, 5.74) is 2.99. The van der Waals surface area contributed by atoms with Gasteiger partial charge in [0.25, 0.3) is 0 Å². The molecule has 3 atom stereocenters. The molecule has 20 heavy (non-hydrogen) atoms. The van der Waals surface area contributed by atoms with Gasteiger partial charge in [-0.1, -0.05) is 34.8 Å². The lowest BCUT2D eigenvalue weighted by molar-refractivity contribution is 0.144. The number of nitrogens with one attached hydrogen (secondary N) is 1. The van der Waals surface area contributed by atoms with E-state index in [1.54, 1.807) is 0 Å². The van der Waals surface area contributed by atoms with E-state index in [4.69, 9.17) is 0 Å². The number of hydrogen-bond acceptors (Lipinski definition) is 2. The van der Waals surface area contributed by atoms with Crippen LogP contribution in [-0.2, 0) is 12.8 Å². The Balaban J connectivity index is 1.63. The van der Waals surface area contributed by atoms with Crippen LogP contribution in [0, 0.1) is 5.92 Å². The van der Waals surface area contributed by atoms with Crippen LogP contribution in [-0.4, -0.2) is 23.8 Å². The van der Waals surface area contributed by atoms with E-state index >= 15 is 0 Å². The quantitative estimate of drug-likeness (QED) is 0.885. The molecule has 110 valence electrons. The molecule has 3 heteroatoms. The molecule has 0 saturated heterocycles. The molecule has 0 amide bonds. The van der Waals surface area contributed by atoms with Crippen LogP contribution >= 0.6 is 15.9 Å². The molecule has 2 N–H and O–H groups in total. The molecule has 3 unspecified atom stereocenters. The normalized spacial score (nSPS) is 30.0. The van der Waals surface area contributed by atoms with Crippen molar-refractivity contribution in [3.8, 4) is 0 Å². The summed E-state index contributed by atoms with van der Waals surface area (Å²) in [6, 6.07) is 7.79. The number of aliphatic hydroxyl groups is 1. The van der Waals surface area contributed by atoms with Gasteiger partial charge in [-0.15, -0.1) is 0 Å². The molecule has 2 nitrogen and oxygen atoms in total. The zero-order valence-electron chi connectivity index (χ0n) is 11.9. The molecular formula is C17H24BrNO. The van der Waals surface area contributed by atoms with Crippen molar-refractivity contribution in [2.75, 3.05) is 6.61 Å². The van der Waals surface area contributed by atoms with Crippen molar-refractivity contribution in [2.45, 2.75) is 57.0 Å². The lowest BCUT2D eigenvalue weighted by Crippen LogP contribution is -2.47.